The van der Waals surface area contributed by atoms with Gasteiger partial charge in [-0.1, -0.05) is 12.1 Å². The van der Waals surface area contributed by atoms with Crippen LogP contribution in [0.2, 0.25) is 0 Å². The molecule has 0 spiro atoms. The number of aliphatic hydroxyl groups is 4. The number of aldehydes is 1. The Bertz CT molecular complexity index is 502. The minimum Gasteiger partial charge on any atom is -0.496 e. The number of hydrogen-bond donors (Lipinski definition) is 4. The van der Waals surface area contributed by atoms with Crippen molar-refractivity contribution in [2.75, 3.05) is 13.7 Å². The lowest BCUT2D eigenvalue weighted by molar-refractivity contribution is -0.232. The fourth-order valence-electron chi connectivity index (χ4n) is 2.39. The first-order chi connectivity index (χ1) is 10.0. The zero-order chi connectivity index (χ0) is 15.6. The number of rotatable bonds is 4. The zero-order valence-electron chi connectivity index (χ0n) is 11.4. The van der Waals surface area contributed by atoms with E-state index in [4.69, 9.17) is 9.47 Å². The smallest absolute Gasteiger partial charge is 0.150 e. The van der Waals surface area contributed by atoms with Crippen LogP contribution in [0.3, 0.4) is 0 Å². The summed E-state index contributed by atoms with van der Waals surface area (Å²) in [6, 6.07) is 4.53. The lowest BCUT2D eigenvalue weighted by Gasteiger charge is -2.40. The Labute approximate surface area is 121 Å². The molecule has 2 rings (SSSR count). The van der Waals surface area contributed by atoms with Crippen LogP contribution in [0.5, 0.6) is 5.75 Å². The lowest BCUT2D eigenvalue weighted by atomic mass is 9.90. The molecule has 0 unspecified atom stereocenters. The highest BCUT2D eigenvalue weighted by atomic mass is 16.5. The molecule has 0 aromatic heterocycles. The zero-order valence-corrected chi connectivity index (χ0v) is 11.4. The number of methoxy groups -OCH3 is 1. The Morgan fingerprint density at radius 1 is 1.24 bits per heavy atom. The molecule has 0 saturated carbocycles. The van der Waals surface area contributed by atoms with Crippen LogP contribution in [0.4, 0.5) is 0 Å². The molecule has 1 aliphatic heterocycles. The van der Waals surface area contributed by atoms with E-state index in [2.05, 4.69) is 0 Å². The van der Waals surface area contributed by atoms with E-state index < -0.39 is 37.1 Å². The van der Waals surface area contributed by atoms with Crippen molar-refractivity contribution >= 4 is 6.29 Å². The molecule has 7 nitrogen and oxygen atoms in total. The molecule has 7 heteroatoms. The third kappa shape index (κ3) is 2.92. The normalized spacial score (nSPS) is 32.7. The molecular weight excluding hydrogens is 280 g/mol. The van der Waals surface area contributed by atoms with Crippen LogP contribution >= 0.6 is 0 Å². The molecule has 1 aromatic carbocycles. The van der Waals surface area contributed by atoms with Crippen molar-refractivity contribution in [2.24, 2.45) is 0 Å². The van der Waals surface area contributed by atoms with Crippen molar-refractivity contribution in [3.05, 3.63) is 29.3 Å². The Balaban J connectivity index is 2.37. The number of aliphatic hydroxyl groups excluding tert-OH is 4. The predicted octanol–water partition coefficient (Wildman–Crippen LogP) is -0.977. The van der Waals surface area contributed by atoms with Crippen LogP contribution in [-0.2, 0) is 4.74 Å². The van der Waals surface area contributed by atoms with E-state index in [1.165, 1.54) is 25.3 Å². The van der Waals surface area contributed by atoms with Crippen molar-refractivity contribution in [3.63, 3.8) is 0 Å². The summed E-state index contributed by atoms with van der Waals surface area (Å²) >= 11 is 0. The summed E-state index contributed by atoms with van der Waals surface area (Å²) < 4.78 is 10.6. The van der Waals surface area contributed by atoms with Crippen LogP contribution in [-0.4, -0.2) is 64.8 Å². The van der Waals surface area contributed by atoms with Crippen LogP contribution in [0, 0.1) is 0 Å². The molecule has 0 radical (unpaired) electrons. The van der Waals surface area contributed by atoms with Gasteiger partial charge in [0.2, 0.25) is 0 Å². The number of hydrogen-bond acceptors (Lipinski definition) is 7. The van der Waals surface area contributed by atoms with Crippen LogP contribution < -0.4 is 4.74 Å². The third-order valence-corrected chi connectivity index (χ3v) is 3.59. The maximum Gasteiger partial charge on any atom is 0.150 e. The summed E-state index contributed by atoms with van der Waals surface area (Å²) in [7, 11) is 1.40. The Morgan fingerprint density at radius 2 is 1.95 bits per heavy atom. The minimum atomic E-state index is -1.46. The number of carbonyl (C=O) groups is 1. The van der Waals surface area contributed by atoms with Crippen LogP contribution in [0.15, 0.2) is 18.2 Å². The summed E-state index contributed by atoms with van der Waals surface area (Å²) in [5.74, 6) is 0.309. The molecule has 0 amide bonds. The van der Waals surface area contributed by atoms with Crippen molar-refractivity contribution in [1.29, 1.82) is 0 Å². The van der Waals surface area contributed by atoms with Gasteiger partial charge >= 0.3 is 0 Å². The average Bonchev–Trinajstić information content (AvgIpc) is 2.52. The van der Waals surface area contributed by atoms with Crippen molar-refractivity contribution in [1.82, 2.24) is 0 Å². The maximum atomic E-state index is 10.8. The first kappa shape index (κ1) is 15.9. The second kappa shape index (κ2) is 6.50. The molecule has 116 valence electrons. The van der Waals surface area contributed by atoms with Gasteiger partial charge in [-0.25, -0.2) is 0 Å². The Kier molecular flexibility index (Phi) is 4.92. The predicted molar refractivity (Wildman–Crippen MR) is 71.1 cm³/mol. The molecule has 4 N–H and O–H groups in total. The van der Waals surface area contributed by atoms with E-state index in [-0.39, 0.29) is 0 Å². The average molecular weight is 298 g/mol. The van der Waals surface area contributed by atoms with Gasteiger partial charge in [0.1, 0.15) is 42.6 Å². The lowest BCUT2D eigenvalue weighted by Crippen LogP contribution is -2.55. The van der Waals surface area contributed by atoms with E-state index in [1.807, 2.05) is 0 Å². The highest BCUT2D eigenvalue weighted by molar-refractivity contribution is 5.76. The summed E-state index contributed by atoms with van der Waals surface area (Å²) in [4.78, 5) is 10.8. The monoisotopic (exact) mass is 298 g/mol. The van der Waals surface area contributed by atoms with Gasteiger partial charge in [-0.3, -0.25) is 4.79 Å². The Hall–Kier alpha value is -1.51. The molecule has 1 aromatic rings. The number of carbonyl (C=O) groups excluding carboxylic acids is 1. The molecule has 21 heavy (non-hydrogen) atoms. The number of ether oxygens (including phenoxy) is 2. The highest BCUT2D eigenvalue weighted by Gasteiger charge is 2.44. The van der Waals surface area contributed by atoms with Crippen molar-refractivity contribution in [3.8, 4) is 5.75 Å². The molecule has 1 saturated heterocycles. The molecule has 1 aliphatic rings. The van der Waals surface area contributed by atoms with E-state index in [9.17, 15) is 25.2 Å². The fourth-order valence-corrected chi connectivity index (χ4v) is 2.39. The quantitative estimate of drug-likeness (QED) is 0.528. The summed E-state index contributed by atoms with van der Waals surface area (Å²) in [5, 5.41) is 38.8. The second-order valence-electron chi connectivity index (χ2n) is 4.87. The molecule has 0 bridgehead atoms. The first-order valence-corrected chi connectivity index (χ1v) is 6.47. The molecule has 1 fully saturated rings. The maximum absolute atomic E-state index is 10.8. The molecule has 0 aliphatic carbocycles. The van der Waals surface area contributed by atoms with Gasteiger partial charge in [-0.2, -0.15) is 0 Å². The van der Waals surface area contributed by atoms with Crippen molar-refractivity contribution < 1.29 is 34.7 Å². The number of benzene rings is 1. The third-order valence-electron chi connectivity index (χ3n) is 3.59. The van der Waals surface area contributed by atoms with E-state index in [0.717, 1.165) is 0 Å². The highest BCUT2D eigenvalue weighted by Crippen LogP contribution is 2.37. The Morgan fingerprint density at radius 3 is 2.52 bits per heavy atom. The summed E-state index contributed by atoms with van der Waals surface area (Å²) in [6.45, 7) is -0.504. The summed E-state index contributed by atoms with van der Waals surface area (Å²) in [5.41, 5.74) is 0.806. The van der Waals surface area contributed by atoms with Gasteiger partial charge in [0.25, 0.3) is 0 Å². The molecule has 1 heterocycles. The van der Waals surface area contributed by atoms with E-state index in [0.29, 0.717) is 23.2 Å². The van der Waals surface area contributed by atoms with Gasteiger partial charge in [-0.05, 0) is 6.07 Å². The topological polar surface area (TPSA) is 116 Å². The standard InChI is InChI=1S/C14H18O7/c1-20-9-4-7(5-15)2-3-8(9)14-13(19)12(18)11(17)10(6-16)21-14/h2-5,10-14,16-19H,6H2,1H3/t10-,11-,12+,13+,14+/m1/s1. The van der Waals surface area contributed by atoms with Gasteiger partial charge in [-0.15, -0.1) is 0 Å². The van der Waals surface area contributed by atoms with Gasteiger partial charge in [0.15, 0.2) is 0 Å². The fraction of sp³-hybridized carbons (Fsp3) is 0.500. The van der Waals surface area contributed by atoms with Gasteiger partial charge in [0, 0.05) is 11.1 Å². The largest absolute Gasteiger partial charge is 0.496 e. The van der Waals surface area contributed by atoms with E-state index in [1.54, 1.807) is 0 Å². The van der Waals surface area contributed by atoms with Crippen molar-refractivity contribution in [2.45, 2.75) is 30.5 Å². The SMILES string of the molecule is COc1cc(C=O)ccc1[C@@H]1O[C@H](CO)[C@@H](O)[C@H](O)[C@@H]1O. The van der Waals surface area contributed by atoms with Gasteiger partial charge < -0.3 is 29.9 Å². The van der Waals surface area contributed by atoms with Crippen LogP contribution in [0.25, 0.3) is 0 Å². The van der Waals surface area contributed by atoms with Crippen LogP contribution in [0.1, 0.15) is 22.0 Å². The molecular formula is C14H18O7. The molecule has 5 atom stereocenters. The second-order valence-corrected chi connectivity index (χ2v) is 4.87. The summed E-state index contributed by atoms with van der Waals surface area (Å²) in [6.07, 6.45) is -5.60. The van der Waals surface area contributed by atoms with E-state index >= 15 is 0 Å². The first-order valence-electron chi connectivity index (χ1n) is 6.47. The van der Waals surface area contributed by atoms with Gasteiger partial charge in [0.05, 0.1) is 13.7 Å². The minimum absolute atomic E-state index is 0.309.